The smallest absolute Gasteiger partial charge is 0.309 e. The quantitative estimate of drug-likeness (QED) is 0.736. The summed E-state index contributed by atoms with van der Waals surface area (Å²) in [6, 6.07) is 11.6. The number of rotatable bonds is 8. The molecule has 0 bridgehead atoms. The number of carbonyl (C=O) groups is 1. The first-order chi connectivity index (χ1) is 12.9. The maximum absolute atomic E-state index is 13.6. The summed E-state index contributed by atoms with van der Waals surface area (Å²) in [6.07, 6.45) is -0.190. The Morgan fingerprint density at radius 1 is 1.26 bits per heavy atom. The topological polar surface area (TPSA) is 76.0 Å². The van der Waals surface area contributed by atoms with Crippen LogP contribution in [0.5, 0.6) is 11.5 Å². The van der Waals surface area contributed by atoms with Crippen LogP contribution in [0.4, 0.5) is 4.39 Å². The lowest BCUT2D eigenvalue weighted by Crippen LogP contribution is -2.18. The van der Waals surface area contributed by atoms with Crippen LogP contribution in [-0.2, 0) is 4.79 Å². The third-order valence-corrected chi connectivity index (χ3v) is 5.01. The summed E-state index contributed by atoms with van der Waals surface area (Å²) in [5.74, 6) is -0.683. The molecule has 2 aromatic carbocycles. The molecule has 1 fully saturated rings. The van der Waals surface area contributed by atoms with Gasteiger partial charge in [0.2, 0.25) is 0 Å². The summed E-state index contributed by atoms with van der Waals surface area (Å²) >= 11 is 0. The number of benzene rings is 2. The Morgan fingerprint density at radius 3 is 2.74 bits per heavy atom. The monoisotopic (exact) mass is 374 g/mol. The number of methoxy groups -OCH3 is 1. The molecular weight excluding hydrogens is 351 g/mol. The van der Waals surface area contributed by atoms with Crippen LogP contribution in [0.3, 0.4) is 0 Å². The maximum Gasteiger partial charge on any atom is 0.309 e. The first kappa shape index (κ1) is 19.2. The predicted molar refractivity (Wildman–Crippen MR) is 97.5 cm³/mol. The van der Waals surface area contributed by atoms with Crippen molar-refractivity contribution in [2.75, 3.05) is 13.7 Å². The summed E-state index contributed by atoms with van der Waals surface area (Å²) in [6.45, 7) is 1.93. The molecule has 5 nitrogen and oxygen atoms in total. The van der Waals surface area contributed by atoms with E-state index in [1.54, 1.807) is 24.3 Å². The van der Waals surface area contributed by atoms with E-state index in [9.17, 15) is 14.3 Å². The van der Waals surface area contributed by atoms with E-state index >= 15 is 0 Å². The molecule has 6 heteroatoms. The minimum Gasteiger partial charge on any atom is -0.497 e. The van der Waals surface area contributed by atoms with Crippen molar-refractivity contribution < 1.29 is 28.9 Å². The molecule has 0 radical (unpaired) electrons. The molecule has 0 unspecified atom stereocenters. The molecule has 1 saturated carbocycles. The van der Waals surface area contributed by atoms with Crippen molar-refractivity contribution in [2.45, 2.75) is 25.4 Å². The minimum absolute atomic E-state index is 0.232. The summed E-state index contributed by atoms with van der Waals surface area (Å²) in [7, 11) is 1.51. The molecule has 3 rings (SSSR count). The zero-order valence-corrected chi connectivity index (χ0v) is 15.3. The number of hydrogen-bond donors (Lipinski definition) is 2. The van der Waals surface area contributed by atoms with Gasteiger partial charge in [0.15, 0.2) is 0 Å². The lowest BCUT2D eigenvalue weighted by Gasteiger charge is -2.16. The number of aliphatic carboxylic acids is 1. The van der Waals surface area contributed by atoms with Gasteiger partial charge < -0.3 is 19.7 Å². The van der Waals surface area contributed by atoms with Gasteiger partial charge in [-0.05, 0) is 54.7 Å². The van der Waals surface area contributed by atoms with Crippen molar-refractivity contribution >= 4 is 5.97 Å². The molecule has 0 spiro atoms. The second-order valence-corrected chi connectivity index (χ2v) is 6.98. The van der Waals surface area contributed by atoms with Crippen molar-refractivity contribution in [3.8, 4) is 11.5 Å². The van der Waals surface area contributed by atoms with Crippen LogP contribution in [0.2, 0.25) is 0 Å². The molecule has 144 valence electrons. The average Bonchev–Trinajstić information content (AvgIpc) is 3.44. The number of carboxylic acid groups (broad SMARTS) is 1. The van der Waals surface area contributed by atoms with Crippen LogP contribution in [0.15, 0.2) is 42.5 Å². The van der Waals surface area contributed by atoms with Gasteiger partial charge in [-0.2, -0.15) is 0 Å². The molecule has 0 aromatic heterocycles. The molecule has 0 amide bonds. The molecule has 1 aliphatic carbocycles. The highest BCUT2D eigenvalue weighted by atomic mass is 19.1. The molecule has 1 aliphatic rings. The standard InChI is InChI=1S/C21H23FO5/c1-12(21(24)25)20(23)13-4-3-5-17(7-13)27-11-15-9-19(15)14-6-16(22)10-18(8-14)26-2/h3-8,10,12,15,19-20,23H,9,11H2,1-2H3,(H,24,25)/t12-,15+,19+,20+/m0/s1. The highest BCUT2D eigenvalue weighted by Crippen LogP contribution is 2.48. The van der Waals surface area contributed by atoms with Crippen LogP contribution in [-0.4, -0.2) is 29.9 Å². The van der Waals surface area contributed by atoms with Gasteiger partial charge in [-0.15, -0.1) is 0 Å². The van der Waals surface area contributed by atoms with E-state index in [0.717, 1.165) is 12.0 Å². The van der Waals surface area contributed by atoms with E-state index in [-0.39, 0.29) is 17.7 Å². The van der Waals surface area contributed by atoms with Gasteiger partial charge in [0, 0.05) is 12.0 Å². The molecule has 27 heavy (non-hydrogen) atoms. The van der Waals surface area contributed by atoms with Gasteiger partial charge >= 0.3 is 5.97 Å². The van der Waals surface area contributed by atoms with Gasteiger partial charge in [0.05, 0.1) is 25.7 Å². The summed E-state index contributed by atoms with van der Waals surface area (Å²) in [5.41, 5.74) is 1.41. The van der Waals surface area contributed by atoms with Crippen molar-refractivity contribution in [3.63, 3.8) is 0 Å². The van der Waals surface area contributed by atoms with Gasteiger partial charge in [0.1, 0.15) is 17.3 Å². The third-order valence-electron chi connectivity index (χ3n) is 5.01. The average molecular weight is 374 g/mol. The molecular formula is C21H23FO5. The Kier molecular flexibility index (Phi) is 5.65. The van der Waals surface area contributed by atoms with E-state index in [0.29, 0.717) is 23.7 Å². The van der Waals surface area contributed by atoms with E-state index in [1.807, 2.05) is 6.07 Å². The van der Waals surface area contributed by atoms with E-state index in [2.05, 4.69) is 0 Å². The summed E-state index contributed by atoms with van der Waals surface area (Å²) in [5, 5.41) is 19.2. The molecule has 2 N–H and O–H groups in total. The fourth-order valence-corrected chi connectivity index (χ4v) is 3.17. The van der Waals surface area contributed by atoms with E-state index in [4.69, 9.17) is 14.6 Å². The number of ether oxygens (including phenoxy) is 2. The van der Waals surface area contributed by atoms with Crippen LogP contribution in [0.1, 0.15) is 36.5 Å². The predicted octanol–water partition coefficient (Wildman–Crippen LogP) is 3.77. The van der Waals surface area contributed by atoms with Crippen LogP contribution >= 0.6 is 0 Å². The minimum atomic E-state index is -1.10. The van der Waals surface area contributed by atoms with Crippen molar-refractivity contribution in [3.05, 3.63) is 59.4 Å². The number of halogens is 1. The Hall–Kier alpha value is -2.60. The highest BCUT2D eigenvalue weighted by Gasteiger charge is 2.39. The van der Waals surface area contributed by atoms with Crippen LogP contribution in [0.25, 0.3) is 0 Å². The summed E-state index contributed by atoms with van der Waals surface area (Å²) < 4.78 is 24.6. The first-order valence-electron chi connectivity index (χ1n) is 8.87. The SMILES string of the molecule is COc1cc(F)cc([C@H]2C[C@@H]2COc2cccc([C@H](O)[C@H](C)C(=O)O)c2)c1. The third kappa shape index (κ3) is 4.57. The van der Waals surface area contributed by atoms with Gasteiger partial charge in [-0.3, -0.25) is 4.79 Å². The maximum atomic E-state index is 13.6. The van der Waals surface area contributed by atoms with Crippen molar-refractivity contribution in [2.24, 2.45) is 11.8 Å². The van der Waals surface area contributed by atoms with Crippen LogP contribution < -0.4 is 9.47 Å². The first-order valence-corrected chi connectivity index (χ1v) is 8.87. The second-order valence-electron chi connectivity index (χ2n) is 6.98. The Bertz CT molecular complexity index is 822. The number of hydrogen-bond acceptors (Lipinski definition) is 4. The lowest BCUT2D eigenvalue weighted by molar-refractivity contribution is -0.145. The zero-order valence-electron chi connectivity index (χ0n) is 15.3. The Labute approximate surface area is 157 Å². The molecule has 2 aromatic rings. The normalized spacial score (nSPS) is 20.6. The molecule has 4 atom stereocenters. The van der Waals surface area contributed by atoms with E-state index < -0.39 is 18.0 Å². The van der Waals surface area contributed by atoms with Gasteiger partial charge in [-0.25, -0.2) is 4.39 Å². The fourth-order valence-electron chi connectivity index (χ4n) is 3.17. The molecule has 0 aliphatic heterocycles. The van der Waals surface area contributed by atoms with Crippen LogP contribution in [0, 0.1) is 17.7 Å². The van der Waals surface area contributed by atoms with Gasteiger partial charge in [-0.1, -0.05) is 12.1 Å². The molecule has 0 heterocycles. The highest BCUT2D eigenvalue weighted by molar-refractivity contribution is 5.70. The summed E-state index contributed by atoms with van der Waals surface area (Å²) in [4.78, 5) is 11.0. The zero-order chi connectivity index (χ0) is 19.6. The van der Waals surface area contributed by atoms with E-state index in [1.165, 1.54) is 26.2 Å². The largest absolute Gasteiger partial charge is 0.497 e. The van der Waals surface area contributed by atoms with Crippen molar-refractivity contribution in [1.82, 2.24) is 0 Å². The van der Waals surface area contributed by atoms with Crippen molar-refractivity contribution in [1.29, 1.82) is 0 Å². The lowest BCUT2D eigenvalue weighted by atomic mass is 9.97. The number of carboxylic acids is 1. The van der Waals surface area contributed by atoms with Gasteiger partial charge in [0.25, 0.3) is 0 Å². The number of aliphatic hydroxyl groups is 1. The Morgan fingerprint density at radius 2 is 2.04 bits per heavy atom. The molecule has 0 saturated heterocycles. The second kappa shape index (κ2) is 7.96. The Balaban J connectivity index is 1.60. The fraction of sp³-hybridized carbons (Fsp3) is 0.381. The number of aliphatic hydroxyl groups excluding tert-OH is 1.